The molecular formula is C16H21BrN2O2. The fraction of sp³-hybridized carbons (Fsp3) is 0.375. The molecule has 1 N–H and O–H groups in total. The van der Waals surface area contributed by atoms with Crippen molar-refractivity contribution < 1.29 is 9.15 Å². The van der Waals surface area contributed by atoms with E-state index in [1.165, 1.54) is 5.56 Å². The van der Waals surface area contributed by atoms with E-state index >= 15 is 0 Å². The molecule has 1 aromatic carbocycles. The summed E-state index contributed by atoms with van der Waals surface area (Å²) in [6.45, 7) is 1.54. The van der Waals surface area contributed by atoms with E-state index in [1.54, 1.807) is 7.11 Å². The number of halogens is 1. The number of methoxy groups -OCH3 is 1. The minimum Gasteiger partial charge on any atom is -0.497 e. The minimum absolute atomic E-state index is 0.276. The highest BCUT2D eigenvalue weighted by molar-refractivity contribution is 9.10. The normalized spacial score (nSPS) is 12.6. The van der Waals surface area contributed by atoms with Crippen molar-refractivity contribution in [3.63, 3.8) is 0 Å². The Hall–Kier alpha value is -1.30. The number of hydrogen-bond acceptors (Lipinski definition) is 4. The second kappa shape index (κ2) is 7.64. The van der Waals surface area contributed by atoms with E-state index in [0.717, 1.165) is 22.7 Å². The van der Waals surface area contributed by atoms with E-state index in [0.29, 0.717) is 6.54 Å². The van der Waals surface area contributed by atoms with Crippen LogP contribution in [0.5, 0.6) is 5.75 Å². The first-order chi connectivity index (χ1) is 10.1. The molecule has 2 aromatic rings. The number of benzene rings is 1. The van der Waals surface area contributed by atoms with Crippen molar-refractivity contribution >= 4 is 15.9 Å². The van der Waals surface area contributed by atoms with Gasteiger partial charge in [0.1, 0.15) is 11.5 Å². The van der Waals surface area contributed by atoms with Crippen LogP contribution >= 0.6 is 15.9 Å². The molecule has 4 nitrogen and oxygen atoms in total. The largest absolute Gasteiger partial charge is 0.497 e. The summed E-state index contributed by atoms with van der Waals surface area (Å²) in [4.78, 5) is 2.19. The van der Waals surface area contributed by atoms with Crippen LogP contribution in [0.4, 0.5) is 0 Å². The van der Waals surface area contributed by atoms with Gasteiger partial charge in [0.15, 0.2) is 4.67 Å². The summed E-state index contributed by atoms with van der Waals surface area (Å²) in [5, 5.41) is 3.44. The number of furan rings is 1. The zero-order valence-electron chi connectivity index (χ0n) is 12.6. The van der Waals surface area contributed by atoms with Gasteiger partial charge in [0.05, 0.1) is 13.7 Å². The van der Waals surface area contributed by atoms with Crippen LogP contribution in [0, 0.1) is 0 Å². The van der Waals surface area contributed by atoms with E-state index in [4.69, 9.17) is 9.15 Å². The van der Waals surface area contributed by atoms with Gasteiger partial charge in [0.25, 0.3) is 0 Å². The SMILES string of the molecule is COc1cccc(C(CNCc2ccc(Br)o2)N(C)C)c1. The quantitative estimate of drug-likeness (QED) is 0.828. The minimum atomic E-state index is 0.276. The Labute approximate surface area is 134 Å². The molecule has 0 aliphatic heterocycles. The molecule has 0 aliphatic rings. The average Bonchev–Trinajstić information content (AvgIpc) is 2.89. The molecule has 1 unspecified atom stereocenters. The summed E-state index contributed by atoms with van der Waals surface area (Å²) in [5.41, 5.74) is 1.23. The molecule has 1 heterocycles. The third kappa shape index (κ3) is 4.59. The van der Waals surface area contributed by atoms with Gasteiger partial charge in [-0.1, -0.05) is 12.1 Å². The van der Waals surface area contributed by atoms with Crippen molar-refractivity contribution in [1.29, 1.82) is 0 Å². The summed E-state index contributed by atoms with van der Waals surface area (Å²) >= 11 is 3.31. The van der Waals surface area contributed by atoms with Crippen molar-refractivity contribution in [3.05, 3.63) is 52.4 Å². The predicted molar refractivity (Wildman–Crippen MR) is 87.5 cm³/mol. The number of nitrogens with zero attached hydrogens (tertiary/aromatic N) is 1. The van der Waals surface area contributed by atoms with Gasteiger partial charge in [-0.3, -0.25) is 0 Å². The molecule has 1 atom stereocenters. The van der Waals surface area contributed by atoms with Crippen LogP contribution < -0.4 is 10.1 Å². The van der Waals surface area contributed by atoms with Crippen LogP contribution in [0.25, 0.3) is 0 Å². The number of ether oxygens (including phenoxy) is 1. The molecular weight excluding hydrogens is 332 g/mol. The van der Waals surface area contributed by atoms with Gasteiger partial charge in [0, 0.05) is 12.6 Å². The second-order valence-corrected chi connectivity index (χ2v) is 5.87. The van der Waals surface area contributed by atoms with Crippen molar-refractivity contribution in [3.8, 4) is 5.75 Å². The molecule has 5 heteroatoms. The maximum absolute atomic E-state index is 5.49. The summed E-state index contributed by atoms with van der Waals surface area (Å²) in [6, 6.07) is 12.3. The molecule has 0 fully saturated rings. The molecule has 0 amide bonds. The fourth-order valence-corrected chi connectivity index (χ4v) is 2.57. The molecule has 2 rings (SSSR count). The Morgan fingerprint density at radius 3 is 2.71 bits per heavy atom. The van der Waals surface area contributed by atoms with Gasteiger partial charge in [-0.05, 0) is 59.9 Å². The summed E-state index contributed by atoms with van der Waals surface area (Å²) in [6.07, 6.45) is 0. The Morgan fingerprint density at radius 2 is 2.10 bits per heavy atom. The van der Waals surface area contributed by atoms with Crippen molar-refractivity contribution in [2.45, 2.75) is 12.6 Å². The van der Waals surface area contributed by atoms with E-state index in [1.807, 2.05) is 24.3 Å². The third-order valence-electron chi connectivity index (χ3n) is 3.37. The first-order valence-electron chi connectivity index (χ1n) is 6.85. The molecule has 0 saturated carbocycles. The van der Waals surface area contributed by atoms with Gasteiger partial charge in [-0.25, -0.2) is 0 Å². The van der Waals surface area contributed by atoms with Crippen LogP contribution in [0.1, 0.15) is 17.4 Å². The van der Waals surface area contributed by atoms with E-state index in [9.17, 15) is 0 Å². The highest BCUT2D eigenvalue weighted by atomic mass is 79.9. The lowest BCUT2D eigenvalue weighted by atomic mass is 10.1. The first kappa shape index (κ1) is 16.1. The monoisotopic (exact) mass is 352 g/mol. The second-order valence-electron chi connectivity index (χ2n) is 5.09. The van der Waals surface area contributed by atoms with Gasteiger partial charge in [0.2, 0.25) is 0 Å². The molecule has 21 heavy (non-hydrogen) atoms. The summed E-state index contributed by atoms with van der Waals surface area (Å²) < 4.78 is 11.6. The van der Waals surface area contributed by atoms with Crippen LogP contribution in [0.2, 0.25) is 0 Å². The van der Waals surface area contributed by atoms with Crippen LogP contribution in [0.3, 0.4) is 0 Å². The van der Waals surface area contributed by atoms with Gasteiger partial charge in [-0.2, -0.15) is 0 Å². The van der Waals surface area contributed by atoms with Crippen LogP contribution in [-0.4, -0.2) is 32.6 Å². The summed E-state index contributed by atoms with van der Waals surface area (Å²) in [7, 11) is 5.85. The maximum atomic E-state index is 5.49. The van der Waals surface area contributed by atoms with Gasteiger partial charge in [-0.15, -0.1) is 0 Å². The molecule has 1 aromatic heterocycles. The number of hydrogen-bond donors (Lipinski definition) is 1. The summed E-state index contributed by atoms with van der Waals surface area (Å²) in [5.74, 6) is 1.80. The first-order valence-corrected chi connectivity index (χ1v) is 7.64. The Balaban J connectivity index is 1.98. The zero-order chi connectivity index (χ0) is 15.2. The molecule has 0 radical (unpaired) electrons. The lowest BCUT2D eigenvalue weighted by Gasteiger charge is -2.25. The zero-order valence-corrected chi connectivity index (χ0v) is 14.2. The van der Waals surface area contributed by atoms with Crippen LogP contribution in [0.15, 0.2) is 45.5 Å². The number of nitrogens with one attached hydrogen (secondary N) is 1. The molecule has 0 saturated heterocycles. The topological polar surface area (TPSA) is 37.6 Å². The predicted octanol–water partition coefficient (Wildman–Crippen LogP) is 3.44. The number of likely N-dealkylation sites (N-methyl/N-ethyl adjacent to an activating group) is 1. The smallest absolute Gasteiger partial charge is 0.169 e. The molecule has 0 bridgehead atoms. The Morgan fingerprint density at radius 1 is 1.29 bits per heavy atom. The highest BCUT2D eigenvalue weighted by Crippen LogP contribution is 2.22. The maximum Gasteiger partial charge on any atom is 0.169 e. The van der Waals surface area contributed by atoms with E-state index in [-0.39, 0.29) is 6.04 Å². The van der Waals surface area contributed by atoms with Gasteiger partial charge < -0.3 is 19.4 Å². The van der Waals surface area contributed by atoms with Gasteiger partial charge >= 0.3 is 0 Å². The molecule has 0 aliphatic carbocycles. The van der Waals surface area contributed by atoms with Crippen LogP contribution in [-0.2, 0) is 6.54 Å². The number of rotatable bonds is 7. The highest BCUT2D eigenvalue weighted by Gasteiger charge is 2.14. The lowest BCUT2D eigenvalue weighted by molar-refractivity contribution is 0.284. The standard InChI is InChI=1S/C16H21BrN2O2/c1-19(2)15(12-5-4-6-13(9-12)20-3)11-18-10-14-7-8-16(17)21-14/h4-9,15,18H,10-11H2,1-3H3. The van der Waals surface area contributed by atoms with E-state index in [2.05, 4.69) is 52.4 Å². The fourth-order valence-electron chi connectivity index (χ4n) is 2.23. The van der Waals surface area contributed by atoms with Crippen molar-refractivity contribution in [1.82, 2.24) is 10.2 Å². The Bertz CT molecular complexity index is 569. The third-order valence-corrected chi connectivity index (χ3v) is 3.79. The lowest BCUT2D eigenvalue weighted by Crippen LogP contribution is -2.30. The van der Waals surface area contributed by atoms with Crippen molar-refractivity contribution in [2.24, 2.45) is 0 Å². The molecule has 114 valence electrons. The Kier molecular flexibility index (Phi) is 5.85. The average molecular weight is 353 g/mol. The molecule has 0 spiro atoms. The van der Waals surface area contributed by atoms with E-state index < -0.39 is 0 Å². The van der Waals surface area contributed by atoms with Crippen molar-refractivity contribution in [2.75, 3.05) is 27.7 Å².